The number of rotatable bonds is 47. The molecule has 0 aromatic heterocycles. The summed E-state index contributed by atoms with van der Waals surface area (Å²) in [7, 11) is 0. The van der Waals surface area contributed by atoms with E-state index in [1.54, 1.807) is 0 Å². The van der Waals surface area contributed by atoms with E-state index in [2.05, 4.69) is 41.5 Å². The van der Waals surface area contributed by atoms with Crippen LogP contribution in [-0.4, -0.2) is 37.2 Å². The summed E-state index contributed by atoms with van der Waals surface area (Å²) in [5.74, 6) is 1.61. The zero-order chi connectivity index (χ0) is 44.2. The molecule has 0 amide bonds. The Labute approximate surface area is 374 Å². The maximum Gasteiger partial charge on any atom is 0.306 e. The number of carbonyl (C=O) groups is 3. The van der Waals surface area contributed by atoms with E-state index in [1.807, 2.05) is 0 Å². The fraction of sp³-hybridized carbons (Fsp3) is 0.944. The summed E-state index contributed by atoms with van der Waals surface area (Å²) in [5.41, 5.74) is 0. The second-order valence-electron chi connectivity index (χ2n) is 19.7. The molecule has 0 radical (unpaired) electrons. The molecule has 2 atom stereocenters. The van der Waals surface area contributed by atoms with Gasteiger partial charge in [0.15, 0.2) is 6.10 Å². The van der Waals surface area contributed by atoms with E-state index in [0.717, 1.165) is 75.5 Å². The van der Waals surface area contributed by atoms with Crippen LogP contribution < -0.4 is 0 Å². The summed E-state index contributed by atoms with van der Waals surface area (Å²) in [6.45, 7) is 13.7. The molecule has 0 N–H and O–H groups in total. The fourth-order valence-corrected chi connectivity index (χ4v) is 8.08. The van der Waals surface area contributed by atoms with Crippen LogP contribution in [0.1, 0.15) is 292 Å². The highest BCUT2D eigenvalue weighted by Crippen LogP contribution is 2.18. The molecule has 0 aliphatic heterocycles. The van der Waals surface area contributed by atoms with Crippen molar-refractivity contribution in [3.63, 3.8) is 0 Å². The number of unbranched alkanes of at least 4 members (excludes halogenated alkanes) is 29. The highest BCUT2D eigenvalue weighted by Gasteiger charge is 2.19. The Kier molecular flexibility index (Phi) is 44.2. The molecule has 0 heterocycles. The van der Waals surface area contributed by atoms with Crippen LogP contribution in [0, 0.1) is 17.8 Å². The highest BCUT2D eigenvalue weighted by atomic mass is 16.6. The lowest BCUT2D eigenvalue weighted by Crippen LogP contribution is -2.30. The van der Waals surface area contributed by atoms with Gasteiger partial charge < -0.3 is 14.2 Å². The maximum atomic E-state index is 12.7. The molecule has 0 saturated heterocycles. The van der Waals surface area contributed by atoms with Gasteiger partial charge in [0, 0.05) is 19.3 Å². The Balaban J connectivity index is 4.14. The predicted octanol–water partition coefficient (Wildman–Crippen LogP) is 17.2. The van der Waals surface area contributed by atoms with Gasteiger partial charge in [0.05, 0.1) is 0 Å². The first-order chi connectivity index (χ1) is 29.1. The largest absolute Gasteiger partial charge is 0.462 e. The highest BCUT2D eigenvalue weighted by molar-refractivity contribution is 5.71. The predicted molar refractivity (Wildman–Crippen MR) is 256 cm³/mol. The normalized spacial score (nSPS) is 12.6. The van der Waals surface area contributed by atoms with E-state index in [-0.39, 0.29) is 31.1 Å². The molecule has 0 aromatic rings. The number of esters is 3. The Bertz CT molecular complexity index is 931. The van der Waals surface area contributed by atoms with E-state index >= 15 is 0 Å². The third-order valence-corrected chi connectivity index (χ3v) is 12.5. The zero-order valence-corrected chi connectivity index (χ0v) is 41.3. The molecule has 0 saturated carbocycles. The maximum absolute atomic E-state index is 12.7. The van der Waals surface area contributed by atoms with E-state index < -0.39 is 6.10 Å². The molecule has 0 aliphatic carbocycles. The van der Waals surface area contributed by atoms with E-state index in [9.17, 15) is 14.4 Å². The Morgan fingerprint density at radius 3 is 0.867 bits per heavy atom. The first-order valence-corrected chi connectivity index (χ1v) is 26.6. The molecule has 0 bridgehead atoms. The lowest BCUT2D eigenvalue weighted by molar-refractivity contribution is -0.167. The van der Waals surface area contributed by atoms with Crippen LogP contribution in [0.4, 0.5) is 0 Å². The van der Waals surface area contributed by atoms with Crippen molar-refractivity contribution < 1.29 is 28.6 Å². The topological polar surface area (TPSA) is 78.9 Å². The standard InChI is InChI=1S/C54H104O6/c1-7-50(6)42-36-30-23-18-16-14-12-10-8-9-11-13-15-17-19-24-31-37-43-52(55)58-46-51(60-54(57)45-39-33-27-26-29-35-41-49(4)5)47-59-53(56)44-38-32-25-21-20-22-28-34-40-48(2)3/h48-51H,7-47H2,1-6H3/t50?,51-/m0/s1. The first-order valence-electron chi connectivity index (χ1n) is 26.6. The second kappa shape index (κ2) is 45.4. The molecule has 1 unspecified atom stereocenters. The van der Waals surface area contributed by atoms with Gasteiger partial charge in [-0.25, -0.2) is 0 Å². The van der Waals surface area contributed by atoms with Gasteiger partial charge in [0.25, 0.3) is 0 Å². The van der Waals surface area contributed by atoms with Crippen LogP contribution in [-0.2, 0) is 28.6 Å². The summed E-state index contributed by atoms with van der Waals surface area (Å²) in [5, 5.41) is 0. The van der Waals surface area contributed by atoms with E-state index in [1.165, 1.54) is 173 Å². The minimum atomic E-state index is -0.763. The van der Waals surface area contributed by atoms with Gasteiger partial charge >= 0.3 is 17.9 Å². The zero-order valence-electron chi connectivity index (χ0n) is 41.3. The van der Waals surface area contributed by atoms with Crippen molar-refractivity contribution >= 4 is 17.9 Å². The molecule has 6 heteroatoms. The van der Waals surface area contributed by atoms with Gasteiger partial charge in [-0.3, -0.25) is 14.4 Å². The monoisotopic (exact) mass is 849 g/mol. The molecule has 0 aliphatic rings. The van der Waals surface area contributed by atoms with Crippen LogP contribution in [0.15, 0.2) is 0 Å². The first kappa shape index (κ1) is 58.4. The van der Waals surface area contributed by atoms with Crippen molar-refractivity contribution in [2.75, 3.05) is 13.2 Å². The van der Waals surface area contributed by atoms with Crippen LogP contribution in [0.25, 0.3) is 0 Å². The van der Waals surface area contributed by atoms with Crippen LogP contribution in [0.5, 0.6) is 0 Å². The van der Waals surface area contributed by atoms with Crippen molar-refractivity contribution in [2.24, 2.45) is 17.8 Å². The van der Waals surface area contributed by atoms with Crippen molar-refractivity contribution in [1.82, 2.24) is 0 Å². The molecule has 0 rings (SSSR count). The van der Waals surface area contributed by atoms with Crippen molar-refractivity contribution in [3.8, 4) is 0 Å². The van der Waals surface area contributed by atoms with Gasteiger partial charge in [-0.1, -0.05) is 253 Å². The SMILES string of the molecule is CCC(C)CCCCCCCCCCCCCCCCCCCCC(=O)OC[C@@H](COC(=O)CCCCCCCCCCC(C)C)OC(=O)CCCCCCCCC(C)C. The molecule has 0 aromatic carbocycles. The lowest BCUT2D eigenvalue weighted by atomic mass is 9.99. The number of ether oxygens (including phenoxy) is 3. The third kappa shape index (κ3) is 45.9. The molecule has 0 fully saturated rings. The average molecular weight is 849 g/mol. The molecular formula is C54H104O6. The third-order valence-electron chi connectivity index (χ3n) is 12.5. The quantitative estimate of drug-likeness (QED) is 0.0345. The van der Waals surface area contributed by atoms with E-state index in [4.69, 9.17) is 14.2 Å². The van der Waals surface area contributed by atoms with Crippen molar-refractivity contribution in [2.45, 2.75) is 298 Å². The summed E-state index contributed by atoms with van der Waals surface area (Å²) < 4.78 is 16.8. The molecule has 60 heavy (non-hydrogen) atoms. The fourth-order valence-electron chi connectivity index (χ4n) is 8.08. The Morgan fingerprint density at radius 2 is 0.583 bits per heavy atom. The van der Waals surface area contributed by atoms with Crippen LogP contribution in [0.2, 0.25) is 0 Å². The van der Waals surface area contributed by atoms with Gasteiger partial charge in [-0.05, 0) is 37.0 Å². The molecule has 356 valence electrons. The summed E-state index contributed by atoms with van der Waals surface area (Å²) in [6.07, 6.45) is 45.4. The number of carbonyl (C=O) groups excluding carboxylic acids is 3. The number of hydrogen-bond donors (Lipinski definition) is 0. The van der Waals surface area contributed by atoms with Gasteiger partial charge in [-0.2, -0.15) is 0 Å². The van der Waals surface area contributed by atoms with Gasteiger partial charge in [0.2, 0.25) is 0 Å². The lowest BCUT2D eigenvalue weighted by Gasteiger charge is -2.18. The van der Waals surface area contributed by atoms with Crippen LogP contribution >= 0.6 is 0 Å². The molecule has 0 spiro atoms. The molecule has 6 nitrogen and oxygen atoms in total. The Morgan fingerprint density at radius 1 is 0.333 bits per heavy atom. The number of hydrogen-bond acceptors (Lipinski definition) is 6. The average Bonchev–Trinajstić information content (AvgIpc) is 3.22. The minimum Gasteiger partial charge on any atom is -0.462 e. The van der Waals surface area contributed by atoms with Gasteiger partial charge in [0.1, 0.15) is 13.2 Å². The van der Waals surface area contributed by atoms with Crippen molar-refractivity contribution in [3.05, 3.63) is 0 Å². The van der Waals surface area contributed by atoms with E-state index in [0.29, 0.717) is 19.3 Å². The summed E-state index contributed by atoms with van der Waals surface area (Å²) >= 11 is 0. The smallest absolute Gasteiger partial charge is 0.306 e. The summed E-state index contributed by atoms with van der Waals surface area (Å²) in [6, 6.07) is 0. The second-order valence-corrected chi connectivity index (χ2v) is 19.7. The summed E-state index contributed by atoms with van der Waals surface area (Å²) in [4.78, 5) is 37.8. The Hall–Kier alpha value is -1.59. The van der Waals surface area contributed by atoms with Crippen molar-refractivity contribution in [1.29, 1.82) is 0 Å². The molecular weight excluding hydrogens is 745 g/mol. The van der Waals surface area contributed by atoms with Crippen LogP contribution in [0.3, 0.4) is 0 Å². The van der Waals surface area contributed by atoms with Gasteiger partial charge in [-0.15, -0.1) is 0 Å². The minimum absolute atomic E-state index is 0.0659.